The van der Waals surface area contributed by atoms with E-state index in [1.807, 2.05) is 30.4 Å². The number of aromatic nitrogens is 1. The highest BCUT2D eigenvalue weighted by Crippen LogP contribution is 2.19. The second kappa shape index (κ2) is 29.2. The lowest BCUT2D eigenvalue weighted by Crippen LogP contribution is -2.58. The van der Waals surface area contributed by atoms with E-state index in [1.165, 1.54) is 13.0 Å². The monoisotopic (exact) mass is 922 g/mol. The van der Waals surface area contributed by atoms with Gasteiger partial charge in [-0.05, 0) is 70.1 Å². The van der Waals surface area contributed by atoms with E-state index in [2.05, 4.69) is 36.9 Å². The Morgan fingerprint density at radius 1 is 0.879 bits per heavy atom. The van der Waals surface area contributed by atoms with Crippen molar-refractivity contribution in [3.05, 3.63) is 60.3 Å². The molecule has 6 atom stereocenters. The van der Waals surface area contributed by atoms with Crippen LogP contribution in [0.15, 0.2) is 54.8 Å². The summed E-state index contributed by atoms with van der Waals surface area (Å²) >= 11 is 0. The summed E-state index contributed by atoms with van der Waals surface area (Å²) in [5.41, 5.74) is 6.80. The smallest absolute Gasteiger partial charge is 0.325 e. The van der Waals surface area contributed by atoms with Crippen LogP contribution in [0, 0.1) is 0 Å². The molecule has 3 rings (SSSR count). The molecule has 7 amide bonds. The predicted octanol–water partition coefficient (Wildman–Crippen LogP) is 0.439. The van der Waals surface area contributed by atoms with Crippen molar-refractivity contribution in [2.24, 2.45) is 5.73 Å². The van der Waals surface area contributed by atoms with Crippen molar-refractivity contribution >= 4 is 64.0 Å². The van der Waals surface area contributed by atoms with E-state index < -0.39 is 90.7 Å². The highest BCUT2D eigenvalue weighted by molar-refractivity contribution is 5.95. The molecular weight excluding hydrogens is 857 g/mol. The Morgan fingerprint density at radius 3 is 2.33 bits per heavy atom. The molecular formula is C46H66N8O12. The number of unbranched alkanes of at least 4 members (excludes halogenated alkanes) is 5. The van der Waals surface area contributed by atoms with E-state index >= 15 is 0 Å². The standard InChI is InChI=1S/C46H66N8O12/c1-29(56)15-9-5-3-6-10-16-32(57)17-11-7-4-8-12-20-39(59)51-35(21-22-38(47)58)44(63)54-42-30(2)66-41(61)27-50-43(62)37(28-55)53-45(64)36(52-40(60)23-24-48-46(42)65)25-31-26-49-34-19-14-13-18-33(31)34/h3,6,10,13-14,16,18-19,26,29-30,35-37,42,49,55-56H,4-5,7-9,11-12,15,17,20-25,27-28H2,1-2H3,(H2,47,58)(H,48,65)(H,50,62)(H,51,59)(H,52,60)(H,53,64)(H,54,63). The summed E-state index contributed by atoms with van der Waals surface area (Å²) < 4.78 is 5.38. The zero-order valence-electron chi connectivity index (χ0n) is 37.7. The summed E-state index contributed by atoms with van der Waals surface area (Å²) in [7, 11) is 0. The van der Waals surface area contributed by atoms with E-state index in [1.54, 1.807) is 25.3 Å². The van der Waals surface area contributed by atoms with Crippen molar-refractivity contribution in [2.45, 2.75) is 140 Å². The maximum absolute atomic E-state index is 13.7. The van der Waals surface area contributed by atoms with Gasteiger partial charge < -0.3 is 57.6 Å². The number of nitrogens with two attached hydrogens (primary N) is 1. The van der Waals surface area contributed by atoms with E-state index in [9.17, 15) is 53.4 Å². The fourth-order valence-corrected chi connectivity index (χ4v) is 7.01. The quantitative estimate of drug-likeness (QED) is 0.0314. The van der Waals surface area contributed by atoms with Crippen molar-refractivity contribution < 1.29 is 58.1 Å². The van der Waals surface area contributed by atoms with Gasteiger partial charge in [0.2, 0.25) is 41.4 Å². The summed E-state index contributed by atoms with van der Waals surface area (Å²) in [5, 5.41) is 34.9. The largest absolute Gasteiger partial charge is 0.459 e. The number of esters is 1. The van der Waals surface area contributed by atoms with Crippen LogP contribution in [0.5, 0.6) is 0 Å². The van der Waals surface area contributed by atoms with Gasteiger partial charge in [-0.1, -0.05) is 55.7 Å². The molecule has 362 valence electrons. The number of fused-ring (bicyclic) bond motifs is 1. The number of carbonyl (C=O) groups excluding carboxylic acids is 9. The Labute approximate surface area is 384 Å². The molecule has 20 heteroatoms. The number of ketones is 1. The molecule has 20 nitrogen and oxygen atoms in total. The lowest BCUT2D eigenvalue weighted by Gasteiger charge is -2.27. The van der Waals surface area contributed by atoms with Crippen LogP contribution in [0.3, 0.4) is 0 Å². The van der Waals surface area contributed by atoms with Gasteiger partial charge in [0.1, 0.15) is 36.8 Å². The number of aromatic amines is 1. The van der Waals surface area contributed by atoms with Crippen molar-refractivity contribution in [2.75, 3.05) is 19.7 Å². The van der Waals surface area contributed by atoms with Gasteiger partial charge in [-0.2, -0.15) is 0 Å². The number of primary amides is 1. The highest BCUT2D eigenvalue weighted by atomic mass is 16.5. The third kappa shape index (κ3) is 20.2. The number of carbonyl (C=O) groups is 9. The van der Waals surface area contributed by atoms with Gasteiger partial charge in [0, 0.05) is 55.7 Å². The molecule has 0 bridgehead atoms. The molecule has 66 heavy (non-hydrogen) atoms. The Bertz CT molecular complexity index is 2030. The molecule has 1 aromatic carbocycles. The van der Waals surface area contributed by atoms with Crippen LogP contribution in [0.4, 0.5) is 0 Å². The van der Waals surface area contributed by atoms with Gasteiger partial charge in [-0.25, -0.2) is 0 Å². The molecule has 0 radical (unpaired) electrons. The summed E-state index contributed by atoms with van der Waals surface area (Å²) in [4.78, 5) is 120. The number of nitrogens with one attached hydrogen (secondary N) is 7. The Morgan fingerprint density at radius 2 is 1.61 bits per heavy atom. The number of cyclic esters (lactones) is 1. The number of hydrogen-bond donors (Lipinski definition) is 10. The minimum Gasteiger partial charge on any atom is -0.459 e. The molecule has 2 heterocycles. The van der Waals surface area contributed by atoms with Crippen LogP contribution in [0.1, 0.15) is 103 Å². The van der Waals surface area contributed by atoms with E-state index in [-0.39, 0.29) is 50.5 Å². The van der Waals surface area contributed by atoms with Crippen LogP contribution in [0.25, 0.3) is 10.9 Å². The van der Waals surface area contributed by atoms with Crippen molar-refractivity contribution in [3.8, 4) is 0 Å². The average molecular weight is 923 g/mol. The third-order valence-electron chi connectivity index (χ3n) is 10.7. The zero-order chi connectivity index (χ0) is 48.4. The minimum atomic E-state index is -1.60. The number of allylic oxidation sites excluding steroid dienone is 4. The van der Waals surface area contributed by atoms with Gasteiger partial charge in [-0.15, -0.1) is 0 Å². The number of rotatable bonds is 23. The molecule has 1 aliphatic heterocycles. The average Bonchev–Trinajstić information content (AvgIpc) is 3.68. The Balaban J connectivity index is 1.61. The molecule has 0 spiro atoms. The van der Waals surface area contributed by atoms with E-state index in [0.717, 1.165) is 43.0 Å². The second-order valence-electron chi connectivity index (χ2n) is 16.3. The van der Waals surface area contributed by atoms with E-state index in [0.29, 0.717) is 31.2 Å². The number of amides is 7. The first-order valence-electron chi connectivity index (χ1n) is 22.5. The minimum absolute atomic E-state index is 0.0117. The molecule has 1 aromatic heterocycles. The molecule has 0 aliphatic carbocycles. The first kappa shape index (κ1) is 53.9. The Kier molecular flexibility index (Phi) is 23.9. The SMILES string of the molecule is CC(O)CCCC=CC=CC(=O)CCCCCCCC(=O)NC(CCC(N)=O)C(=O)NC1C(=O)NCCC(=O)NC(Cc2c[nH]c3ccccc23)C(=O)NC(CO)C(=O)NCC(=O)OC1C. The fraction of sp³-hybridized carbons (Fsp3) is 0.543. The molecule has 2 aromatic rings. The Hall–Kier alpha value is -6.41. The topological polar surface area (TPSA) is 317 Å². The maximum Gasteiger partial charge on any atom is 0.325 e. The predicted molar refractivity (Wildman–Crippen MR) is 243 cm³/mol. The molecule has 11 N–H and O–H groups in total. The molecule has 1 saturated heterocycles. The summed E-state index contributed by atoms with van der Waals surface area (Å²) in [6.45, 7) is 1.13. The zero-order valence-corrected chi connectivity index (χ0v) is 37.7. The molecule has 1 fully saturated rings. The maximum atomic E-state index is 13.7. The fourth-order valence-electron chi connectivity index (χ4n) is 7.01. The normalized spacial score (nSPS) is 20.1. The van der Waals surface area contributed by atoms with Crippen molar-refractivity contribution in [1.82, 2.24) is 36.9 Å². The molecule has 6 unspecified atom stereocenters. The van der Waals surface area contributed by atoms with Gasteiger partial charge in [0.25, 0.3) is 0 Å². The first-order chi connectivity index (χ1) is 31.6. The van der Waals surface area contributed by atoms with Crippen LogP contribution in [-0.2, 0) is 54.3 Å². The summed E-state index contributed by atoms with van der Waals surface area (Å²) in [5.74, 6) is -6.48. The lowest BCUT2D eigenvalue weighted by atomic mass is 10.0. The van der Waals surface area contributed by atoms with Crippen LogP contribution >= 0.6 is 0 Å². The molecule has 1 aliphatic rings. The number of aliphatic hydroxyl groups excluding tert-OH is 2. The number of para-hydroxylation sites is 1. The number of aliphatic hydroxyl groups is 2. The summed E-state index contributed by atoms with van der Waals surface area (Å²) in [6.07, 6.45) is 12.3. The lowest BCUT2D eigenvalue weighted by molar-refractivity contribution is -0.152. The number of benzene rings is 1. The van der Waals surface area contributed by atoms with Gasteiger partial charge in [0.05, 0.1) is 12.7 Å². The number of ether oxygens (including phenoxy) is 1. The van der Waals surface area contributed by atoms with Gasteiger partial charge >= 0.3 is 5.97 Å². The van der Waals surface area contributed by atoms with Gasteiger partial charge in [-0.3, -0.25) is 43.2 Å². The van der Waals surface area contributed by atoms with Crippen molar-refractivity contribution in [3.63, 3.8) is 0 Å². The highest BCUT2D eigenvalue weighted by Gasteiger charge is 2.34. The first-order valence-corrected chi connectivity index (χ1v) is 22.5. The molecule has 0 saturated carbocycles. The van der Waals surface area contributed by atoms with Crippen molar-refractivity contribution in [1.29, 1.82) is 0 Å². The van der Waals surface area contributed by atoms with E-state index in [4.69, 9.17) is 10.5 Å². The summed E-state index contributed by atoms with van der Waals surface area (Å²) in [6, 6.07) is 1.58. The number of hydrogen-bond acceptors (Lipinski definition) is 12. The second-order valence-corrected chi connectivity index (χ2v) is 16.3. The van der Waals surface area contributed by atoms with Crippen LogP contribution in [0.2, 0.25) is 0 Å². The van der Waals surface area contributed by atoms with Crippen LogP contribution < -0.4 is 37.6 Å². The number of H-pyrrole nitrogens is 1. The van der Waals surface area contributed by atoms with Crippen LogP contribution in [-0.4, -0.2) is 124 Å². The third-order valence-corrected chi connectivity index (χ3v) is 10.7. The van der Waals surface area contributed by atoms with Gasteiger partial charge in [0.15, 0.2) is 5.78 Å².